The Bertz CT molecular complexity index is 314. The highest BCUT2D eigenvalue weighted by Gasteiger charge is 2.26. The van der Waals surface area contributed by atoms with E-state index in [-0.39, 0.29) is 6.03 Å². The first-order valence-electron chi connectivity index (χ1n) is 6.95. The Labute approximate surface area is 114 Å². The molecule has 2 atom stereocenters. The monoisotopic (exact) mass is 271 g/mol. The summed E-state index contributed by atoms with van der Waals surface area (Å²) in [5.41, 5.74) is 0. The summed E-state index contributed by atoms with van der Waals surface area (Å²) in [7, 11) is 0. The average Bonchev–Trinajstić information content (AvgIpc) is 2.43. The van der Waals surface area contributed by atoms with E-state index in [2.05, 4.69) is 19.2 Å². The van der Waals surface area contributed by atoms with Gasteiger partial charge in [-0.25, -0.2) is 4.79 Å². The number of amides is 2. The van der Waals surface area contributed by atoms with Crippen molar-refractivity contribution in [2.24, 2.45) is 5.92 Å². The van der Waals surface area contributed by atoms with Gasteiger partial charge in [0.1, 0.15) is 6.04 Å². The summed E-state index contributed by atoms with van der Waals surface area (Å²) in [6.07, 6.45) is 1.05. The van der Waals surface area contributed by atoms with Gasteiger partial charge in [-0.05, 0) is 12.8 Å². The maximum atomic E-state index is 11.9. The first-order valence-corrected chi connectivity index (χ1v) is 6.95. The van der Waals surface area contributed by atoms with E-state index >= 15 is 0 Å². The van der Waals surface area contributed by atoms with Gasteiger partial charge in [0.25, 0.3) is 0 Å². The Kier molecular flexibility index (Phi) is 6.08. The number of carboxylic acids is 1. The molecule has 2 N–H and O–H groups in total. The summed E-state index contributed by atoms with van der Waals surface area (Å²) in [6.45, 7) is 8.99. The number of urea groups is 1. The summed E-state index contributed by atoms with van der Waals surface area (Å²) in [5.74, 6) is -0.327. The molecule has 0 aliphatic carbocycles. The minimum Gasteiger partial charge on any atom is -0.480 e. The average molecular weight is 271 g/mol. The lowest BCUT2D eigenvalue weighted by molar-refractivity contribution is -0.143. The molecule has 1 heterocycles. The van der Waals surface area contributed by atoms with Crippen LogP contribution < -0.4 is 5.32 Å². The van der Waals surface area contributed by atoms with E-state index in [0.717, 1.165) is 6.42 Å². The lowest BCUT2D eigenvalue weighted by atomic mass is 10.1. The molecule has 0 aromatic rings. The van der Waals surface area contributed by atoms with Crippen molar-refractivity contribution in [3.63, 3.8) is 0 Å². The molecular formula is C13H25N3O3. The summed E-state index contributed by atoms with van der Waals surface area (Å²) in [4.78, 5) is 26.4. The van der Waals surface area contributed by atoms with Crippen molar-refractivity contribution >= 4 is 12.0 Å². The Balaban J connectivity index is 2.33. The molecule has 1 saturated heterocycles. The molecule has 0 spiro atoms. The third kappa shape index (κ3) is 4.70. The zero-order valence-corrected chi connectivity index (χ0v) is 12.1. The minimum atomic E-state index is -0.810. The molecule has 0 aromatic carbocycles. The zero-order chi connectivity index (χ0) is 14.4. The Morgan fingerprint density at radius 2 is 1.79 bits per heavy atom. The second-order valence-electron chi connectivity index (χ2n) is 5.24. The van der Waals surface area contributed by atoms with Crippen LogP contribution in [-0.2, 0) is 4.79 Å². The van der Waals surface area contributed by atoms with E-state index in [9.17, 15) is 9.59 Å². The SMILES string of the molecule is CCC(C)CNC(=O)N1CCN(C(C)C(=O)O)CC1. The molecule has 0 radical (unpaired) electrons. The largest absolute Gasteiger partial charge is 0.480 e. The molecule has 0 saturated carbocycles. The molecule has 1 aliphatic heterocycles. The lowest BCUT2D eigenvalue weighted by Gasteiger charge is -2.36. The summed E-state index contributed by atoms with van der Waals surface area (Å²) >= 11 is 0. The molecule has 2 unspecified atom stereocenters. The molecule has 0 aromatic heterocycles. The first-order chi connectivity index (χ1) is 8.95. The van der Waals surface area contributed by atoms with Crippen LogP contribution in [0.25, 0.3) is 0 Å². The van der Waals surface area contributed by atoms with E-state index in [1.165, 1.54) is 0 Å². The maximum absolute atomic E-state index is 11.9. The van der Waals surface area contributed by atoms with Crippen LogP contribution in [0, 0.1) is 5.92 Å². The number of aliphatic carboxylic acids is 1. The third-order valence-electron chi connectivity index (χ3n) is 3.81. The van der Waals surface area contributed by atoms with Crippen molar-refractivity contribution in [2.75, 3.05) is 32.7 Å². The van der Waals surface area contributed by atoms with Crippen LogP contribution in [0.5, 0.6) is 0 Å². The smallest absolute Gasteiger partial charge is 0.320 e. The number of piperazine rings is 1. The van der Waals surface area contributed by atoms with Gasteiger partial charge in [0.05, 0.1) is 0 Å². The Morgan fingerprint density at radius 1 is 1.21 bits per heavy atom. The van der Waals surface area contributed by atoms with Gasteiger partial charge in [0.15, 0.2) is 0 Å². The van der Waals surface area contributed by atoms with Crippen molar-refractivity contribution in [2.45, 2.75) is 33.2 Å². The summed E-state index contributed by atoms with van der Waals surface area (Å²) < 4.78 is 0. The molecule has 1 rings (SSSR count). The van der Waals surface area contributed by atoms with E-state index < -0.39 is 12.0 Å². The van der Waals surface area contributed by atoms with Gasteiger partial charge in [0, 0.05) is 32.7 Å². The predicted molar refractivity (Wildman–Crippen MR) is 73.1 cm³/mol. The van der Waals surface area contributed by atoms with Gasteiger partial charge in [0.2, 0.25) is 0 Å². The van der Waals surface area contributed by atoms with Crippen LogP contribution in [0.2, 0.25) is 0 Å². The van der Waals surface area contributed by atoms with Crippen LogP contribution >= 0.6 is 0 Å². The molecule has 19 heavy (non-hydrogen) atoms. The van der Waals surface area contributed by atoms with Crippen LogP contribution in [0.4, 0.5) is 4.79 Å². The number of hydrogen-bond donors (Lipinski definition) is 2. The number of carboxylic acid groups (broad SMARTS) is 1. The maximum Gasteiger partial charge on any atom is 0.320 e. The van der Waals surface area contributed by atoms with Gasteiger partial charge in [-0.1, -0.05) is 20.3 Å². The van der Waals surface area contributed by atoms with Crippen molar-refractivity contribution in [3.8, 4) is 0 Å². The Morgan fingerprint density at radius 3 is 2.26 bits per heavy atom. The molecular weight excluding hydrogens is 246 g/mol. The molecule has 6 heteroatoms. The molecule has 2 amide bonds. The number of carbonyl (C=O) groups excluding carboxylic acids is 1. The van der Waals surface area contributed by atoms with Crippen molar-refractivity contribution < 1.29 is 14.7 Å². The molecule has 0 bridgehead atoms. The molecule has 1 fully saturated rings. The van der Waals surface area contributed by atoms with Crippen molar-refractivity contribution in [1.82, 2.24) is 15.1 Å². The fourth-order valence-electron chi connectivity index (χ4n) is 1.99. The van der Waals surface area contributed by atoms with Crippen LogP contribution in [-0.4, -0.2) is 65.7 Å². The highest BCUT2D eigenvalue weighted by molar-refractivity contribution is 5.74. The standard InChI is InChI=1S/C13H25N3O3/c1-4-10(2)9-14-13(19)16-7-5-15(6-8-16)11(3)12(17)18/h10-11H,4-9H2,1-3H3,(H,14,19)(H,17,18). The number of carbonyl (C=O) groups is 2. The quantitative estimate of drug-likeness (QED) is 0.777. The van der Waals surface area contributed by atoms with Gasteiger partial charge < -0.3 is 15.3 Å². The Hall–Kier alpha value is -1.30. The summed E-state index contributed by atoms with van der Waals surface area (Å²) in [6, 6.07) is -0.520. The minimum absolute atomic E-state index is 0.0390. The number of nitrogens with zero attached hydrogens (tertiary/aromatic N) is 2. The van der Waals surface area contributed by atoms with Gasteiger partial charge in [-0.15, -0.1) is 0 Å². The fraction of sp³-hybridized carbons (Fsp3) is 0.846. The lowest BCUT2D eigenvalue weighted by Crippen LogP contribution is -2.55. The van der Waals surface area contributed by atoms with E-state index in [0.29, 0.717) is 38.6 Å². The molecule has 110 valence electrons. The third-order valence-corrected chi connectivity index (χ3v) is 3.81. The normalized spacial score (nSPS) is 19.8. The predicted octanol–water partition coefficient (Wildman–Crippen LogP) is 0.833. The van der Waals surface area contributed by atoms with Gasteiger partial charge >= 0.3 is 12.0 Å². The fourth-order valence-corrected chi connectivity index (χ4v) is 1.99. The van der Waals surface area contributed by atoms with Gasteiger partial charge in [-0.3, -0.25) is 9.69 Å². The van der Waals surface area contributed by atoms with Crippen LogP contribution in [0.1, 0.15) is 27.2 Å². The van der Waals surface area contributed by atoms with Gasteiger partial charge in [-0.2, -0.15) is 0 Å². The van der Waals surface area contributed by atoms with E-state index in [4.69, 9.17) is 5.11 Å². The number of nitrogens with one attached hydrogen (secondary N) is 1. The second-order valence-corrected chi connectivity index (χ2v) is 5.24. The van der Waals surface area contributed by atoms with Crippen molar-refractivity contribution in [3.05, 3.63) is 0 Å². The first kappa shape index (κ1) is 15.8. The van der Waals surface area contributed by atoms with E-state index in [1.54, 1.807) is 11.8 Å². The number of rotatable bonds is 5. The van der Waals surface area contributed by atoms with Crippen molar-refractivity contribution in [1.29, 1.82) is 0 Å². The zero-order valence-electron chi connectivity index (χ0n) is 12.1. The topological polar surface area (TPSA) is 72.9 Å². The van der Waals surface area contributed by atoms with E-state index in [1.807, 2.05) is 4.90 Å². The van der Waals surface area contributed by atoms with Crippen LogP contribution in [0.15, 0.2) is 0 Å². The number of hydrogen-bond acceptors (Lipinski definition) is 3. The molecule has 6 nitrogen and oxygen atoms in total. The highest BCUT2D eigenvalue weighted by atomic mass is 16.4. The second kappa shape index (κ2) is 7.33. The highest BCUT2D eigenvalue weighted by Crippen LogP contribution is 2.07. The van der Waals surface area contributed by atoms with Crippen LogP contribution in [0.3, 0.4) is 0 Å². The summed E-state index contributed by atoms with van der Waals surface area (Å²) in [5, 5.41) is 11.9. The molecule has 1 aliphatic rings.